The Morgan fingerprint density at radius 2 is 2.00 bits per heavy atom. The molecule has 0 aliphatic carbocycles. The molecule has 1 rings (SSSR count). The highest BCUT2D eigenvalue weighted by atomic mass is 16.5. The Morgan fingerprint density at radius 1 is 1.17 bits per heavy atom. The molecule has 0 saturated carbocycles. The molecule has 18 heavy (non-hydrogen) atoms. The van der Waals surface area contributed by atoms with Gasteiger partial charge in [0.05, 0.1) is 26.9 Å². The summed E-state index contributed by atoms with van der Waals surface area (Å²) in [4.78, 5) is 0. The molecule has 0 amide bonds. The second-order valence-corrected chi connectivity index (χ2v) is 4.06. The molecule has 0 bridgehead atoms. The summed E-state index contributed by atoms with van der Waals surface area (Å²) in [5, 5.41) is 3.41. The van der Waals surface area contributed by atoms with Crippen LogP contribution in [-0.2, 0) is 9.47 Å². The predicted octanol–water partition coefficient (Wildman–Crippen LogP) is 2.01. The summed E-state index contributed by atoms with van der Waals surface area (Å²) in [6.45, 7) is 4.93. The summed E-state index contributed by atoms with van der Waals surface area (Å²) in [5.74, 6) is 0.887. The van der Waals surface area contributed by atoms with E-state index in [1.165, 1.54) is 5.56 Å². The zero-order chi connectivity index (χ0) is 13.2. The Morgan fingerprint density at radius 3 is 2.72 bits per heavy atom. The van der Waals surface area contributed by atoms with Crippen LogP contribution in [0.2, 0.25) is 0 Å². The van der Waals surface area contributed by atoms with Crippen LogP contribution in [0.15, 0.2) is 24.3 Å². The van der Waals surface area contributed by atoms with E-state index in [1.54, 1.807) is 14.2 Å². The van der Waals surface area contributed by atoms with E-state index in [-0.39, 0.29) is 6.04 Å². The molecule has 0 radical (unpaired) electrons. The van der Waals surface area contributed by atoms with Crippen LogP contribution in [0.4, 0.5) is 0 Å². The third-order valence-corrected chi connectivity index (χ3v) is 2.72. The molecule has 0 heterocycles. The van der Waals surface area contributed by atoms with Crippen molar-refractivity contribution in [3.05, 3.63) is 29.8 Å². The van der Waals surface area contributed by atoms with Gasteiger partial charge in [-0.05, 0) is 24.6 Å². The normalized spacial score (nSPS) is 12.4. The summed E-state index contributed by atoms with van der Waals surface area (Å²) in [5.41, 5.74) is 1.21. The lowest BCUT2D eigenvalue weighted by atomic mass is 10.1. The molecule has 0 aromatic heterocycles. The number of methoxy groups -OCH3 is 2. The standard InChI is InChI=1S/C14H23NO3/c1-12(15-7-8-18-10-9-16-2)13-5-4-6-14(11-13)17-3/h4-6,11-12,15H,7-10H2,1-3H3/t12-/m0/s1. The minimum absolute atomic E-state index is 0.283. The molecule has 102 valence electrons. The number of hydrogen-bond acceptors (Lipinski definition) is 4. The highest BCUT2D eigenvalue weighted by molar-refractivity contribution is 5.30. The van der Waals surface area contributed by atoms with Gasteiger partial charge in [-0.2, -0.15) is 0 Å². The topological polar surface area (TPSA) is 39.7 Å². The fraction of sp³-hybridized carbons (Fsp3) is 0.571. The van der Waals surface area contributed by atoms with Gasteiger partial charge in [0.1, 0.15) is 5.75 Å². The van der Waals surface area contributed by atoms with Crippen molar-refractivity contribution in [2.45, 2.75) is 13.0 Å². The van der Waals surface area contributed by atoms with Gasteiger partial charge in [0.15, 0.2) is 0 Å². The van der Waals surface area contributed by atoms with Gasteiger partial charge < -0.3 is 19.5 Å². The Labute approximate surface area is 109 Å². The Hall–Kier alpha value is -1.10. The first-order valence-electron chi connectivity index (χ1n) is 6.22. The lowest BCUT2D eigenvalue weighted by Crippen LogP contribution is -2.23. The molecule has 0 saturated heterocycles. The monoisotopic (exact) mass is 253 g/mol. The lowest BCUT2D eigenvalue weighted by Gasteiger charge is -2.15. The van der Waals surface area contributed by atoms with Crippen LogP contribution < -0.4 is 10.1 Å². The smallest absolute Gasteiger partial charge is 0.119 e. The van der Waals surface area contributed by atoms with Crippen molar-refractivity contribution < 1.29 is 14.2 Å². The average Bonchev–Trinajstić information content (AvgIpc) is 2.42. The van der Waals surface area contributed by atoms with Crippen molar-refractivity contribution in [1.82, 2.24) is 5.32 Å². The van der Waals surface area contributed by atoms with E-state index >= 15 is 0 Å². The van der Waals surface area contributed by atoms with Crippen LogP contribution in [0.5, 0.6) is 5.75 Å². The maximum Gasteiger partial charge on any atom is 0.119 e. The zero-order valence-corrected chi connectivity index (χ0v) is 11.4. The van der Waals surface area contributed by atoms with Crippen molar-refractivity contribution in [2.75, 3.05) is 40.6 Å². The van der Waals surface area contributed by atoms with Gasteiger partial charge >= 0.3 is 0 Å². The molecule has 1 N–H and O–H groups in total. The van der Waals surface area contributed by atoms with Crippen molar-refractivity contribution in [1.29, 1.82) is 0 Å². The SMILES string of the molecule is COCCOCCN[C@@H](C)c1cccc(OC)c1. The van der Waals surface area contributed by atoms with E-state index in [1.807, 2.05) is 18.2 Å². The van der Waals surface area contributed by atoms with Gasteiger partial charge in [-0.15, -0.1) is 0 Å². The first-order chi connectivity index (χ1) is 8.77. The minimum atomic E-state index is 0.283. The maximum atomic E-state index is 5.39. The van der Waals surface area contributed by atoms with Crippen molar-refractivity contribution in [3.8, 4) is 5.75 Å². The summed E-state index contributed by atoms with van der Waals surface area (Å²) >= 11 is 0. The number of hydrogen-bond donors (Lipinski definition) is 1. The molecule has 1 aromatic carbocycles. The molecular weight excluding hydrogens is 230 g/mol. The Kier molecular flexibility index (Phi) is 7.41. The molecule has 1 aromatic rings. The first-order valence-corrected chi connectivity index (χ1v) is 6.22. The first kappa shape index (κ1) is 15.0. The Balaban J connectivity index is 2.25. The van der Waals surface area contributed by atoms with Crippen LogP contribution in [0.25, 0.3) is 0 Å². The van der Waals surface area contributed by atoms with Crippen LogP contribution >= 0.6 is 0 Å². The zero-order valence-electron chi connectivity index (χ0n) is 11.4. The van der Waals surface area contributed by atoms with Gasteiger partial charge in [0.2, 0.25) is 0 Å². The van der Waals surface area contributed by atoms with Crippen molar-refractivity contribution in [3.63, 3.8) is 0 Å². The molecule has 0 fully saturated rings. The van der Waals surface area contributed by atoms with E-state index in [0.717, 1.165) is 12.3 Å². The van der Waals surface area contributed by atoms with Crippen molar-refractivity contribution in [2.24, 2.45) is 0 Å². The third-order valence-electron chi connectivity index (χ3n) is 2.72. The van der Waals surface area contributed by atoms with Crippen LogP contribution in [-0.4, -0.2) is 40.6 Å². The summed E-state index contributed by atoms with van der Waals surface area (Å²) in [7, 11) is 3.35. The van der Waals surface area contributed by atoms with Gasteiger partial charge in [-0.3, -0.25) is 0 Å². The molecule has 0 spiro atoms. The van der Waals surface area contributed by atoms with E-state index in [0.29, 0.717) is 19.8 Å². The maximum absolute atomic E-state index is 5.39. The van der Waals surface area contributed by atoms with E-state index in [2.05, 4.69) is 18.3 Å². The van der Waals surface area contributed by atoms with Gasteiger partial charge in [-0.25, -0.2) is 0 Å². The minimum Gasteiger partial charge on any atom is -0.497 e. The van der Waals surface area contributed by atoms with E-state index < -0.39 is 0 Å². The molecule has 0 aliphatic heterocycles. The number of benzene rings is 1. The summed E-state index contributed by atoms with van der Waals surface area (Å²) in [6, 6.07) is 8.37. The van der Waals surface area contributed by atoms with Gasteiger partial charge in [0, 0.05) is 19.7 Å². The molecule has 4 heteroatoms. The summed E-state index contributed by atoms with van der Waals surface area (Å²) < 4.78 is 15.5. The van der Waals surface area contributed by atoms with Gasteiger partial charge in [0.25, 0.3) is 0 Å². The predicted molar refractivity (Wildman–Crippen MR) is 72.1 cm³/mol. The lowest BCUT2D eigenvalue weighted by molar-refractivity contribution is 0.0712. The highest BCUT2D eigenvalue weighted by Gasteiger charge is 2.05. The Bertz CT molecular complexity index is 331. The number of rotatable bonds is 9. The number of nitrogens with one attached hydrogen (secondary N) is 1. The van der Waals surface area contributed by atoms with E-state index in [9.17, 15) is 0 Å². The molecule has 0 aliphatic rings. The fourth-order valence-electron chi connectivity index (χ4n) is 1.62. The third kappa shape index (κ3) is 5.49. The second-order valence-electron chi connectivity index (χ2n) is 4.06. The van der Waals surface area contributed by atoms with E-state index in [4.69, 9.17) is 14.2 Å². The molecule has 0 unspecified atom stereocenters. The highest BCUT2D eigenvalue weighted by Crippen LogP contribution is 2.18. The summed E-state index contributed by atoms with van der Waals surface area (Å²) in [6.07, 6.45) is 0. The number of ether oxygens (including phenoxy) is 3. The fourth-order valence-corrected chi connectivity index (χ4v) is 1.62. The van der Waals surface area contributed by atoms with Crippen molar-refractivity contribution >= 4 is 0 Å². The second kappa shape index (κ2) is 8.91. The van der Waals surface area contributed by atoms with Crippen LogP contribution in [0.1, 0.15) is 18.5 Å². The quantitative estimate of drug-likeness (QED) is 0.683. The average molecular weight is 253 g/mol. The molecule has 1 atom stereocenters. The van der Waals surface area contributed by atoms with Gasteiger partial charge in [-0.1, -0.05) is 12.1 Å². The molecule has 4 nitrogen and oxygen atoms in total. The largest absolute Gasteiger partial charge is 0.497 e. The van der Waals surface area contributed by atoms with Crippen LogP contribution in [0.3, 0.4) is 0 Å². The molecular formula is C14H23NO3. The van der Waals surface area contributed by atoms with Crippen LogP contribution in [0, 0.1) is 0 Å².